The number of ether oxygens (including phenoxy) is 1. The number of hydrogen-bond donors (Lipinski definition) is 0. The molecule has 0 N–H and O–H groups in total. The van der Waals surface area contributed by atoms with Crippen molar-refractivity contribution < 1.29 is 4.74 Å². The zero-order valence-corrected chi connectivity index (χ0v) is 18.6. The second-order valence-corrected chi connectivity index (χ2v) is 8.59. The van der Waals surface area contributed by atoms with E-state index in [4.69, 9.17) is 19.7 Å². The van der Waals surface area contributed by atoms with Crippen molar-refractivity contribution in [2.45, 2.75) is 45.1 Å². The first-order chi connectivity index (χ1) is 16.2. The molecule has 7 nitrogen and oxygen atoms in total. The van der Waals surface area contributed by atoms with Crippen LogP contribution in [0.5, 0.6) is 5.75 Å². The van der Waals surface area contributed by atoms with E-state index in [9.17, 15) is 4.79 Å². The lowest BCUT2D eigenvalue weighted by Crippen LogP contribution is -2.26. The number of rotatable bonds is 4. The number of aromatic nitrogens is 5. The van der Waals surface area contributed by atoms with Gasteiger partial charge in [0.1, 0.15) is 23.0 Å². The molecule has 0 spiro atoms. The van der Waals surface area contributed by atoms with Crippen LogP contribution in [0.2, 0.25) is 0 Å². The summed E-state index contributed by atoms with van der Waals surface area (Å²) in [6, 6.07) is 15.7. The van der Waals surface area contributed by atoms with E-state index in [1.54, 1.807) is 6.33 Å². The molecular weight excluding hydrogens is 414 g/mol. The van der Waals surface area contributed by atoms with Gasteiger partial charge in [-0.2, -0.15) is 0 Å². The second-order valence-electron chi connectivity index (χ2n) is 8.59. The maximum absolute atomic E-state index is 13.8. The molecule has 6 rings (SSSR count). The molecule has 1 fully saturated rings. The van der Waals surface area contributed by atoms with Crippen LogP contribution in [0.4, 0.5) is 0 Å². The average molecular weight is 440 g/mol. The molecule has 0 aliphatic heterocycles. The van der Waals surface area contributed by atoms with Crippen LogP contribution in [-0.4, -0.2) is 30.7 Å². The minimum atomic E-state index is -0.0360. The Bertz CT molecular complexity index is 1530. The molecule has 0 radical (unpaired) electrons. The van der Waals surface area contributed by atoms with Crippen LogP contribution >= 0.6 is 0 Å². The lowest BCUT2D eigenvalue weighted by atomic mass is 9.95. The molecule has 0 atom stereocenters. The molecule has 0 bridgehead atoms. The van der Waals surface area contributed by atoms with Crippen LogP contribution in [0.15, 0.2) is 59.7 Å². The molecule has 3 aromatic heterocycles. The largest absolute Gasteiger partial charge is 0.494 e. The molecule has 1 saturated carbocycles. The molecule has 2 aromatic carbocycles. The molecule has 0 unspecified atom stereocenters. The smallest absolute Gasteiger partial charge is 0.265 e. The molecule has 0 saturated heterocycles. The van der Waals surface area contributed by atoms with Crippen LogP contribution in [0.25, 0.3) is 38.9 Å². The van der Waals surface area contributed by atoms with E-state index in [0.717, 1.165) is 48.2 Å². The van der Waals surface area contributed by atoms with E-state index in [1.807, 2.05) is 64.6 Å². The van der Waals surface area contributed by atoms with Crippen molar-refractivity contribution in [3.63, 3.8) is 0 Å². The number of para-hydroxylation sites is 2. The van der Waals surface area contributed by atoms with Gasteiger partial charge >= 0.3 is 0 Å². The van der Waals surface area contributed by atoms with Gasteiger partial charge in [0.15, 0.2) is 11.3 Å². The standard InChI is InChI=1S/C26H25N5O2/c1-2-33-19-14-12-18(13-15-19)31-24-22(23-25(31)29-21-11-7-6-10-20(21)28-23)26(32)30(16-27-24)17-8-4-3-5-9-17/h6-7,10-17H,2-5,8-9H2,1H3. The summed E-state index contributed by atoms with van der Waals surface area (Å²) < 4.78 is 9.36. The lowest BCUT2D eigenvalue weighted by molar-refractivity contribution is 0.340. The van der Waals surface area contributed by atoms with Crippen LogP contribution in [0.1, 0.15) is 45.1 Å². The van der Waals surface area contributed by atoms with E-state index >= 15 is 0 Å². The molecule has 166 valence electrons. The predicted molar refractivity (Wildman–Crippen MR) is 129 cm³/mol. The monoisotopic (exact) mass is 439 g/mol. The Hall–Kier alpha value is -3.74. The second kappa shape index (κ2) is 7.99. The summed E-state index contributed by atoms with van der Waals surface area (Å²) in [7, 11) is 0. The molecule has 1 aliphatic carbocycles. The predicted octanol–water partition coefficient (Wildman–Crippen LogP) is 5.19. The van der Waals surface area contributed by atoms with Gasteiger partial charge in [0.2, 0.25) is 0 Å². The number of hydrogen-bond acceptors (Lipinski definition) is 5. The zero-order chi connectivity index (χ0) is 22.4. The van der Waals surface area contributed by atoms with Gasteiger partial charge in [0, 0.05) is 11.7 Å². The Morgan fingerprint density at radius 3 is 2.39 bits per heavy atom. The van der Waals surface area contributed by atoms with Gasteiger partial charge in [-0.3, -0.25) is 13.9 Å². The molecule has 1 aliphatic rings. The summed E-state index contributed by atoms with van der Waals surface area (Å²) >= 11 is 0. The first-order valence-corrected chi connectivity index (χ1v) is 11.7. The SMILES string of the molecule is CCOc1ccc(-n2c3nc4ccccc4nc3c3c(=O)n(C4CCCCC4)cnc32)cc1. The van der Waals surface area contributed by atoms with Crippen LogP contribution in [-0.2, 0) is 0 Å². The summed E-state index contributed by atoms with van der Waals surface area (Å²) in [4.78, 5) is 28.4. The van der Waals surface area contributed by atoms with Gasteiger partial charge < -0.3 is 4.74 Å². The van der Waals surface area contributed by atoms with Crippen molar-refractivity contribution >= 4 is 33.2 Å². The number of fused-ring (bicyclic) bond motifs is 4. The summed E-state index contributed by atoms with van der Waals surface area (Å²) in [5.41, 5.74) is 4.20. The first-order valence-electron chi connectivity index (χ1n) is 11.7. The fraction of sp³-hybridized carbons (Fsp3) is 0.308. The Balaban J connectivity index is 1.66. The fourth-order valence-electron chi connectivity index (χ4n) is 4.97. The van der Waals surface area contributed by atoms with E-state index in [-0.39, 0.29) is 11.6 Å². The Morgan fingerprint density at radius 2 is 1.67 bits per heavy atom. The van der Waals surface area contributed by atoms with Gasteiger partial charge in [-0.1, -0.05) is 31.4 Å². The average Bonchev–Trinajstić information content (AvgIpc) is 3.18. The lowest BCUT2D eigenvalue weighted by Gasteiger charge is -2.23. The maximum Gasteiger partial charge on any atom is 0.265 e. The Kier molecular flexibility index (Phi) is 4.82. The van der Waals surface area contributed by atoms with Gasteiger partial charge in [0.25, 0.3) is 5.56 Å². The third-order valence-corrected chi connectivity index (χ3v) is 6.56. The molecule has 3 heterocycles. The first kappa shape index (κ1) is 19.9. The van der Waals surface area contributed by atoms with Crippen molar-refractivity contribution in [1.82, 2.24) is 24.1 Å². The highest BCUT2D eigenvalue weighted by atomic mass is 16.5. The van der Waals surface area contributed by atoms with Crippen molar-refractivity contribution in [3.05, 3.63) is 65.2 Å². The van der Waals surface area contributed by atoms with Gasteiger partial charge in [-0.15, -0.1) is 0 Å². The normalized spacial score (nSPS) is 14.9. The topological polar surface area (TPSA) is 74.8 Å². The molecule has 5 aromatic rings. The van der Waals surface area contributed by atoms with Gasteiger partial charge in [-0.25, -0.2) is 15.0 Å². The maximum atomic E-state index is 13.8. The number of nitrogens with zero attached hydrogens (tertiary/aromatic N) is 5. The highest BCUT2D eigenvalue weighted by molar-refractivity contribution is 6.05. The zero-order valence-electron chi connectivity index (χ0n) is 18.6. The fourth-order valence-corrected chi connectivity index (χ4v) is 4.97. The van der Waals surface area contributed by atoms with E-state index in [1.165, 1.54) is 6.42 Å². The van der Waals surface area contributed by atoms with E-state index in [0.29, 0.717) is 28.8 Å². The minimum Gasteiger partial charge on any atom is -0.494 e. The molecule has 0 amide bonds. The molecule has 33 heavy (non-hydrogen) atoms. The van der Waals surface area contributed by atoms with Crippen molar-refractivity contribution in [2.24, 2.45) is 0 Å². The third kappa shape index (κ3) is 3.26. The van der Waals surface area contributed by atoms with Crippen LogP contribution in [0.3, 0.4) is 0 Å². The van der Waals surface area contributed by atoms with Crippen molar-refractivity contribution in [3.8, 4) is 11.4 Å². The van der Waals surface area contributed by atoms with E-state index < -0.39 is 0 Å². The Morgan fingerprint density at radius 1 is 0.939 bits per heavy atom. The molecule has 7 heteroatoms. The van der Waals surface area contributed by atoms with Gasteiger partial charge in [-0.05, 0) is 56.2 Å². The summed E-state index contributed by atoms with van der Waals surface area (Å²) in [5, 5.41) is 0.533. The summed E-state index contributed by atoms with van der Waals surface area (Å²) in [6.45, 7) is 2.57. The highest BCUT2D eigenvalue weighted by Gasteiger charge is 2.24. The van der Waals surface area contributed by atoms with Gasteiger partial charge in [0.05, 0.1) is 17.6 Å². The molecular formula is C26H25N5O2. The van der Waals surface area contributed by atoms with Crippen molar-refractivity contribution in [1.29, 1.82) is 0 Å². The quantitative estimate of drug-likeness (QED) is 0.385. The van der Waals surface area contributed by atoms with E-state index in [2.05, 4.69) is 0 Å². The van der Waals surface area contributed by atoms with Crippen LogP contribution in [0, 0.1) is 0 Å². The van der Waals surface area contributed by atoms with Crippen molar-refractivity contribution in [2.75, 3.05) is 6.61 Å². The van der Waals surface area contributed by atoms with Crippen LogP contribution < -0.4 is 10.3 Å². The Labute approximate surface area is 190 Å². The number of benzene rings is 2. The third-order valence-electron chi connectivity index (χ3n) is 6.56. The summed E-state index contributed by atoms with van der Waals surface area (Å²) in [6.07, 6.45) is 7.26. The highest BCUT2D eigenvalue weighted by Crippen LogP contribution is 2.31. The summed E-state index contributed by atoms with van der Waals surface area (Å²) in [5.74, 6) is 0.797. The minimum absolute atomic E-state index is 0.0360.